The van der Waals surface area contributed by atoms with Crippen LogP contribution in [0.3, 0.4) is 0 Å². The molecule has 0 aliphatic heterocycles. The van der Waals surface area contributed by atoms with Gasteiger partial charge in [0.2, 0.25) is 0 Å². The monoisotopic (exact) mass is 411 g/mol. The first-order valence-electron chi connectivity index (χ1n) is 7.94. The van der Waals surface area contributed by atoms with Crippen molar-refractivity contribution in [3.8, 4) is 5.75 Å². The van der Waals surface area contributed by atoms with Crippen LogP contribution in [0.2, 0.25) is 0 Å². The van der Waals surface area contributed by atoms with Gasteiger partial charge in [0, 0.05) is 18.5 Å². The molecule has 0 amide bonds. The number of hydrogen-bond donors (Lipinski definition) is 3. The van der Waals surface area contributed by atoms with Gasteiger partial charge in [0.1, 0.15) is 16.7 Å². The minimum absolute atomic E-state index is 0.00850. The molecule has 3 aromatic heterocycles. The molecule has 0 aromatic carbocycles. The van der Waals surface area contributed by atoms with E-state index in [-0.39, 0.29) is 5.75 Å². The topological polar surface area (TPSA) is 104 Å². The second-order valence-electron chi connectivity index (χ2n) is 5.83. The molecule has 1 saturated carbocycles. The van der Waals surface area contributed by atoms with Gasteiger partial charge >= 0.3 is 0 Å². The van der Waals surface area contributed by atoms with Gasteiger partial charge in [-0.05, 0) is 25.0 Å². The molecule has 4 rings (SSSR count). The van der Waals surface area contributed by atoms with Crippen molar-refractivity contribution in [1.29, 1.82) is 0 Å². The van der Waals surface area contributed by atoms with Gasteiger partial charge in [-0.15, -0.1) is 11.3 Å². The number of aromatic hydroxyl groups is 1. The molecule has 0 bridgehead atoms. The Morgan fingerprint density at radius 1 is 1.42 bits per heavy atom. The van der Waals surface area contributed by atoms with Crippen LogP contribution in [0, 0.1) is 0 Å². The summed E-state index contributed by atoms with van der Waals surface area (Å²) in [6.07, 6.45) is 3.71. The van der Waals surface area contributed by atoms with Crippen molar-refractivity contribution in [1.82, 2.24) is 13.1 Å². The molecular formula is C15H17N5O3S3. The van der Waals surface area contributed by atoms with Gasteiger partial charge in [0.25, 0.3) is 0 Å². The van der Waals surface area contributed by atoms with Crippen LogP contribution in [0.5, 0.6) is 5.75 Å². The maximum absolute atomic E-state index is 12.6. The fourth-order valence-corrected chi connectivity index (χ4v) is 5.30. The number of nitrogens with one attached hydrogen (secondary N) is 2. The standard InChI is InChI=1S/C15H17N5O3S3/c1-20(9-4-5-9)26(22)15-12(21)11(8-24-15)17-14-13(18-25-19-14)16-7-10-3-2-6-23-10/h2-3,6,8-9,21H,4-5,7H2,1H3,(H,16,18)(H,17,19). The zero-order valence-electron chi connectivity index (χ0n) is 13.8. The molecule has 3 N–H and O–H groups in total. The van der Waals surface area contributed by atoms with Crippen molar-refractivity contribution in [3.63, 3.8) is 0 Å². The molecule has 3 heterocycles. The van der Waals surface area contributed by atoms with Crippen LogP contribution in [-0.4, -0.2) is 35.5 Å². The summed E-state index contributed by atoms with van der Waals surface area (Å²) in [7, 11) is 0.457. The predicted molar refractivity (Wildman–Crippen MR) is 102 cm³/mol. The number of aromatic nitrogens is 2. The highest BCUT2D eigenvalue weighted by Gasteiger charge is 2.32. The molecule has 1 atom stereocenters. The molecule has 1 unspecified atom stereocenters. The van der Waals surface area contributed by atoms with Crippen LogP contribution in [-0.2, 0) is 17.5 Å². The van der Waals surface area contributed by atoms with E-state index in [1.54, 1.807) is 15.9 Å². The summed E-state index contributed by atoms with van der Waals surface area (Å²) in [5.41, 5.74) is 0.469. The Balaban J connectivity index is 1.46. The highest BCUT2D eigenvalue weighted by atomic mass is 32.2. The molecule has 3 aromatic rings. The highest BCUT2D eigenvalue weighted by molar-refractivity contribution is 7.85. The van der Waals surface area contributed by atoms with E-state index in [4.69, 9.17) is 4.42 Å². The van der Waals surface area contributed by atoms with Crippen LogP contribution >= 0.6 is 23.1 Å². The van der Waals surface area contributed by atoms with Crippen LogP contribution in [0.1, 0.15) is 18.6 Å². The molecule has 1 fully saturated rings. The predicted octanol–water partition coefficient (Wildman–Crippen LogP) is 3.37. The van der Waals surface area contributed by atoms with Crippen LogP contribution in [0.15, 0.2) is 32.4 Å². The third-order valence-electron chi connectivity index (χ3n) is 3.97. The Morgan fingerprint density at radius 3 is 2.96 bits per heavy atom. The van der Waals surface area contributed by atoms with Gasteiger partial charge in [0.05, 0.1) is 30.2 Å². The Hall–Kier alpha value is -1.95. The first kappa shape index (κ1) is 17.5. The van der Waals surface area contributed by atoms with Crippen LogP contribution < -0.4 is 10.6 Å². The largest absolute Gasteiger partial charge is 0.504 e. The Labute approximate surface area is 160 Å². The molecule has 1 aliphatic carbocycles. The number of nitrogens with zero attached hydrogens (tertiary/aromatic N) is 3. The number of hydrogen-bond acceptors (Lipinski definition) is 9. The summed E-state index contributed by atoms with van der Waals surface area (Å²) >= 11 is 2.32. The maximum Gasteiger partial charge on any atom is 0.188 e. The zero-order valence-corrected chi connectivity index (χ0v) is 16.3. The minimum Gasteiger partial charge on any atom is -0.504 e. The fourth-order valence-electron chi connectivity index (χ4n) is 2.35. The lowest BCUT2D eigenvalue weighted by atomic mass is 10.4. The van der Waals surface area contributed by atoms with E-state index in [9.17, 15) is 9.32 Å². The molecule has 26 heavy (non-hydrogen) atoms. The number of rotatable bonds is 8. The molecular weight excluding hydrogens is 394 g/mol. The first-order valence-corrected chi connectivity index (χ1v) is 10.7. The van der Waals surface area contributed by atoms with E-state index in [1.807, 2.05) is 19.2 Å². The number of thiophene rings is 1. The summed E-state index contributed by atoms with van der Waals surface area (Å²) in [5.74, 6) is 1.84. The van der Waals surface area contributed by atoms with Gasteiger partial charge in [-0.1, -0.05) is 0 Å². The van der Waals surface area contributed by atoms with Crippen molar-refractivity contribution < 1.29 is 13.7 Å². The first-order chi connectivity index (χ1) is 12.6. The Morgan fingerprint density at radius 2 is 2.23 bits per heavy atom. The van der Waals surface area contributed by atoms with E-state index in [0.717, 1.165) is 30.3 Å². The van der Waals surface area contributed by atoms with E-state index in [2.05, 4.69) is 19.4 Å². The molecule has 0 spiro atoms. The van der Waals surface area contributed by atoms with Gasteiger partial charge < -0.3 is 20.2 Å². The molecule has 11 heteroatoms. The number of anilines is 3. The SMILES string of the molecule is CN(C1CC1)S(=O)c1scc(Nc2nsnc2NCc2ccco2)c1O. The quantitative estimate of drug-likeness (QED) is 0.522. The second-order valence-corrected chi connectivity index (χ2v) is 8.98. The molecule has 0 radical (unpaired) electrons. The van der Waals surface area contributed by atoms with Crippen molar-refractivity contribution in [2.45, 2.75) is 29.6 Å². The Bertz CT molecular complexity index is 904. The summed E-state index contributed by atoms with van der Waals surface area (Å²) in [5, 5.41) is 18.4. The minimum atomic E-state index is -1.36. The third-order valence-corrected chi connectivity index (χ3v) is 7.30. The van der Waals surface area contributed by atoms with Crippen molar-refractivity contribution in [3.05, 3.63) is 29.5 Å². The summed E-state index contributed by atoms with van der Waals surface area (Å²) in [6.45, 7) is 0.476. The lowest BCUT2D eigenvalue weighted by Crippen LogP contribution is -2.22. The van der Waals surface area contributed by atoms with Crippen molar-refractivity contribution >= 4 is 51.4 Å². The van der Waals surface area contributed by atoms with Gasteiger partial charge in [-0.25, -0.2) is 8.51 Å². The summed E-state index contributed by atoms with van der Waals surface area (Å²) < 4.78 is 28.5. The van der Waals surface area contributed by atoms with E-state index in [1.165, 1.54) is 11.3 Å². The van der Waals surface area contributed by atoms with E-state index < -0.39 is 11.0 Å². The average molecular weight is 412 g/mol. The Kier molecular flexibility index (Phi) is 4.94. The summed E-state index contributed by atoms with van der Waals surface area (Å²) in [4.78, 5) is 0. The number of furan rings is 1. The second kappa shape index (κ2) is 7.35. The molecule has 1 aliphatic rings. The molecule has 8 nitrogen and oxygen atoms in total. The van der Waals surface area contributed by atoms with Crippen LogP contribution in [0.4, 0.5) is 17.3 Å². The van der Waals surface area contributed by atoms with Gasteiger partial charge in [0.15, 0.2) is 21.6 Å². The lowest BCUT2D eigenvalue weighted by Gasteiger charge is -2.13. The maximum atomic E-state index is 12.6. The van der Waals surface area contributed by atoms with Crippen molar-refractivity contribution in [2.75, 3.05) is 17.7 Å². The zero-order chi connectivity index (χ0) is 18.1. The van der Waals surface area contributed by atoms with Gasteiger partial charge in [-0.3, -0.25) is 0 Å². The van der Waals surface area contributed by atoms with E-state index >= 15 is 0 Å². The van der Waals surface area contributed by atoms with E-state index in [0.29, 0.717) is 34.1 Å². The fraction of sp³-hybridized carbons (Fsp3) is 0.333. The lowest BCUT2D eigenvalue weighted by molar-refractivity contribution is 0.463. The van der Waals surface area contributed by atoms with Crippen molar-refractivity contribution in [2.24, 2.45) is 0 Å². The third kappa shape index (κ3) is 3.61. The summed E-state index contributed by atoms with van der Waals surface area (Å²) in [6, 6.07) is 4.02. The highest BCUT2D eigenvalue weighted by Crippen LogP contribution is 2.41. The smallest absolute Gasteiger partial charge is 0.188 e. The average Bonchev–Trinajstić information content (AvgIpc) is 3.02. The normalized spacial score (nSPS) is 15.3. The molecule has 0 saturated heterocycles. The van der Waals surface area contributed by atoms with Crippen LogP contribution in [0.25, 0.3) is 0 Å². The van der Waals surface area contributed by atoms with Gasteiger partial charge in [-0.2, -0.15) is 8.75 Å². The molecule has 138 valence electrons.